The maximum absolute atomic E-state index is 12.7. The van der Waals surface area contributed by atoms with Crippen LogP contribution in [-0.2, 0) is 10.0 Å². The number of aromatic nitrogens is 1. The first-order valence-electron chi connectivity index (χ1n) is 6.07. The molecule has 21 heavy (non-hydrogen) atoms. The summed E-state index contributed by atoms with van der Waals surface area (Å²) in [7, 11) is -2.55. The highest BCUT2D eigenvalue weighted by atomic mass is 32.2. The van der Waals surface area contributed by atoms with E-state index >= 15 is 0 Å². The van der Waals surface area contributed by atoms with E-state index in [-0.39, 0.29) is 27.6 Å². The molecule has 2 aromatic rings. The van der Waals surface area contributed by atoms with Crippen LogP contribution in [0.1, 0.15) is 21.8 Å². The molecule has 2 rings (SSSR count). The van der Waals surface area contributed by atoms with Crippen molar-refractivity contribution in [3.63, 3.8) is 0 Å². The number of para-hydroxylation sites is 1. The van der Waals surface area contributed by atoms with Gasteiger partial charge in [0.25, 0.3) is 15.9 Å². The Hall–Kier alpha value is -2.35. The van der Waals surface area contributed by atoms with Crippen LogP contribution < -0.4 is 10.0 Å². The lowest BCUT2D eigenvalue weighted by Crippen LogP contribution is -2.29. The van der Waals surface area contributed by atoms with Gasteiger partial charge in [-0.2, -0.15) is 0 Å². The zero-order valence-corrected chi connectivity index (χ0v) is 12.6. The van der Waals surface area contributed by atoms with Crippen LogP contribution in [0, 0.1) is 13.8 Å². The number of carbonyl (C=O) groups is 1. The minimum atomic E-state index is -3.90. The number of hydrogen-bond donors (Lipinski definition) is 1. The van der Waals surface area contributed by atoms with Gasteiger partial charge in [-0.15, -0.1) is 0 Å². The standard InChI is InChI=1S/C13H15N3O4S/c1-8-12(9(2)20-15-8)21(18,19)16(3)11-7-5-4-6-10(11)13(14)17/h4-7H,1-3H3,(H2,14,17). The second-order valence-corrected chi connectivity index (χ2v) is 6.41. The van der Waals surface area contributed by atoms with Gasteiger partial charge in [0.05, 0.1) is 11.3 Å². The van der Waals surface area contributed by atoms with Crippen molar-refractivity contribution >= 4 is 21.6 Å². The number of carbonyl (C=O) groups excluding carboxylic acids is 1. The molecule has 112 valence electrons. The second kappa shape index (κ2) is 5.21. The fraction of sp³-hybridized carbons (Fsp3) is 0.231. The summed E-state index contributed by atoms with van der Waals surface area (Å²) in [5, 5.41) is 3.64. The zero-order valence-electron chi connectivity index (χ0n) is 11.8. The van der Waals surface area contributed by atoms with Crippen LogP contribution in [0.25, 0.3) is 0 Å². The Bertz CT molecular complexity index is 776. The molecule has 0 aliphatic heterocycles. The second-order valence-electron chi connectivity index (χ2n) is 4.51. The van der Waals surface area contributed by atoms with Crippen LogP contribution >= 0.6 is 0 Å². The van der Waals surface area contributed by atoms with Crippen molar-refractivity contribution in [3.05, 3.63) is 41.3 Å². The third-order valence-electron chi connectivity index (χ3n) is 3.10. The molecule has 1 aromatic carbocycles. The van der Waals surface area contributed by atoms with Crippen molar-refractivity contribution in [2.75, 3.05) is 11.4 Å². The van der Waals surface area contributed by atoms with E-state index in [4.69, 9.17) is 10.3 Å². The summed E-state index contributed by atoms with van der Waals surface area (Å²) < 4.78 is 31.3. The Labute approximate surface area is 122 Å². The average Bonchev–Trinajstić information content (AvgIpc) is 2.77. The molecule has 0 fully saturated rings. The van der Waals surface area contributed by atoms with Gasteiger partial charge in [-0.25, -0.2) is 8.42 Å². The lowest BCUT2D eigenvalue weighted by Gasteiger charge is -2.21. The first-order chi connectivity index (χ1) is 9.76. The van der Waals surface area contributed by atoms with Gasteiger partial charge in [-0.3, -0.25) is 9.10 Å². The Balaban J connectivity index is 2.60. The number of benzene rings is 1. The highest BCUT2D eigenvalue weighted by Crippen LogP contribution is 2.28. The van der Waals surface area contributed by atoms with Crippen molar-refractivity contribution in [1.29, 1.82) is 0 Å². The van der Waals surface area contributed by atoms with Crippen LogP contribution in [0.2, 0.25) is 0 Å². The van der Waals surface area contributed by atoms with Gasteiger partial charge in [-0.1, -0.05) is 17.3 Å². The summed E-state index contributed by atoms with van der Waals surface area (Å²) in [6.45, 7) is 3.05. The highest BCUT2D eigenvalue weighted by Gasteiger charge is 2.30. The third-order valence-corrected chi connectivity index (χ3v) is 5.11. The smallest absolute Gasteiger partial charge is 0.269 e. The summed E-state index contributed by atoms with van der Waals surface area (Å²) in [6.07, 6.45) is 0. The van der Waals surface area contributed by atoms with Crippen LogP contribution in [0.15, 0.2) is 33.7 Å². The number of primary amides is 1. The molecule has 0 spiro atoms. The largest absolute Gasteiger partial charge is 0.366 e. The molecule has 0 aliphatic carbocycles. The predicted octanol–water partition coefficient (Wildman–Crippen LogP) is 1.22. The highest BCUT2D eigenvalue weighted by molar-refractivity contribution is 7.92. The number of hydrogen-bond acceptors (Lipinski definition) is 5. The summed E-state index contributed by atoms with van der Waals surface area (Å²) in [5.74, 6) is -0.512. The molecular weight excluding hydrogens is 294 g/mol. The van der Waals surface area contributed by atoms with Crippen molar-refractivity contribution < 1.29 is 17.7 Å². The van der Waals surface area contributed by atoms with Gasteiger partial charge in [0.1, 0.15) is 5.69 Å². The van der Waals surface area contributed by atoms with Gasteiger partial charge in [0.15, 0.2) is 10.7 Å². The maximum Gasteiger partial charge on any atom is 0.269 e. The molecule has 0 saturated carbocycles. The molecular formula is C13H15N3O4S. The number of anilines is 1. The topological polar surface area (TPSA) is 106 Å². The van der Waals surface area contributed by atoms with Crippen LogP contribution in [-0.4, -0.2) is 26.5 Å². The maximum atomic E-state index is 12.7. The fourth-order valence-electron chi connectivity index (χ4n) is 2.07. The van der Waals surface area contributed by atoms with E-state index in [1.54, 1.807) is 12.1 Å². The predicted molar refractivity (Wildman–Crippen MR) is 76.5 cm³/mol. The lowest BCUT2D eigenvalue weighted by molar-refractivity contribution is 0.100. The van der Waals surface area contributed by atoms with Gasteiger partial charge >= 0.3 is 0 Å². The van der Waals surface area contributed by atoms with E-state index in [1.807, 2.05) is 0 Å². The van der Waals surface area contributed by atoms with Crippen molar-refractivity contribution in [2.24, 2.45) is 5.73 Å². The quantitative estimate of drug-likeness (QED) is 0.913. The monoisotopic (exact) mass is 309 g/mol. The van der Waals surface area contributed by atoms with E-state index in [0.29, 0.717) is 0 Å². The average molecular weight is 309 g/mol. The molecule has 1 heterocycles. The summed E-state index contributed by atoms with van der Waals surface area (Å²) in [6, 6.07) is 6.22. The van der Waals surface area contributed by atoms with Crippen LogP contribution in [0.5, 0.6) is 0 Å². The van der Waals surface area contributed by atoms with Gasteiger partial charge < -0.3 is 10.3 Å². The van der Waals surface area contributed by atoms with Gasteiger partial charge in [0.2, 0.25) is 0 Å². The summed E-state index contributed by atoms with van der Waals surface area (Å²) in [4.78, 5) is 11.4. The Morgan fingerprint density at radius 2 is 1.90 bits per heavy atom. The van der Waals surface area contributed by atoms with Gasteiger partial charge in [0, 0.05) is 7.05 Å². The molecule has 7 nitrogen and oxygen atoms in total. The number of rotatable bonds is 4. The SMILES string of the molecule is Cc1noc(C)c1S(=O)(=O)N(C)c1ccccc1C(N)=O. The molecule has 1 amide bonds. The number of nitrogens with zero attached hydrogens (tertiary/aromatic N) is 2. The van der Waals surface area contributed by atoms with E-state index in [2.05, 4.69) is 5.16 Å². The normalized spacial score (nSPS) is 11.4. The number of sulfonamides is 1. The lowest BCUT2D eigenvalue weighted by atomic mass is 10.2. The van der Waals surface area contributed by atoms with E-state index < -0.39 is 15.9 Å². The molecule has 2 N–H and O–H groups in total. The summed E-state index contributed by atoms with van der Waals surface area (Å²) in [5.41, 5.74) is 5.86. The molecule has 0 unspecified atom stereocenters. The zero-order chi connectivity index (χ0) is 15.8. The van der Waals surface area contributed by atoms with Crippen molar-refractivity contribution in [2.45, 2.75) is 18.7 Å². The third kappa shape index (κ3) is 2.49. The molecule has 0 bridgehead atoms. The van der Waals surface area contributed by atoms with E-state index in [0.717, 1.165) is 4.31 Å². The first kappa shape index (κ1) is 15.0. The molecule has 1 aromatic heterocycles. The van der Waals surface area contributed by atoms with E-state index in [9.17, 15) is 13.2 Å². The van der Waals surface area contributed by atoms with Crippen LogP contribution in [0.4, 0.5) is 5.69 Å². The Kier molecular flexibility index (Phi) is 3.73. The molecule has 0 saturated heterocycles. The summed E-state index contributed by atoms with van der Waals surface area (Å²) >= 11 is 0. The molecule has 8 heteroatoms. The molecule has 0 radical (unpaired) electrons. The number of nitrogens with two attached hydrogens (primary N) is 1. The molecule has 0 atom stereocenters. The van der Waals surface area contributed by atoms with Crippen molar-refractivity contribution in [3.8, 4) is 0 Å². The first-order valence-corrected chi connectivity index (χ1v) is 7.51. The minimum Gasteiger partial charge on any atom is -0.366 e. The Morgan fingerprint density at radius 1 is 1.29 bits per heavy atom. The number of amides is 1. The molecule has 0 aliphatic rings. The van der Waals surface area contributed by atoms with Crippen molar-refractivity contribution in [1.82, 2.24) is 5.16 Å². The minimum absolute atomic E-state index is 0.00993. The van der Waals surface area contributed by atoms with Gasteiger partial charge in [-0.05, 0) is 26.0 Å². The van der Waals surface area contributed by atoms with E-state index in [1.165, 1.54) is 33.0 Å². The number of aryl methyl sites for hydroxylation is 2. The Morgan fingerprint density at radius 3 is 2.43 bits per heavy atom. The fourth-order valence-corrected chi connectivity index (χ4v) is 3.57. The van der Waals surface area contributed by atoms with Crippen LogP contribution in [0.3, 0.4) is 0 Å².